The average Bonchev–Trinajstić information content (AvgIpc) is 3.08. The lowest BCUT2D eigenvalue weighted by atomic mass is 9.88. The van der Waals surface area contributed by atoms with Crippen molar-refractivity contribution in [2.45, 2.75) is 30.5 Å². The highest BCUT2D eigenvalue weighted by molar-refractivity contribution is 7.99. The van der Waals surface area contributed by atoms with Gasteiger partial charge in [-0.15, -0.1) is 10.2 Å². The summed E-state index contributed by atoms with van der Waals surface area (Å²) in [5.74, 6) is 1.08. The molecule has 138 valence electrons. The van der Waals surface area contributed by atoms with Crippen molar-refractivity contribution in [1.82, 2.24) is 25.1 Å². The molecule has 1 N–H and O–H groups in total. The van der Waals surface area contributed by atoms with Crippen LogP contribution in [-0.2, 0) is 18.3 Å². The van der Waals surface area contributed by atoms with Gasteiger partial charge in [0.05, 0.1) is 11.8 Å². The maximum atomic E-state index is 12.5. The van der Waals surface area contributed by atoms with E-state index in [0.717, 1.165) is 30.7 Å². The Morgan fingerprint density at radius 1 is 1.26 bits per heavy atom. The predicted octanol–water partition coefficient (Wildman–Crippen LogP) is 3.16. The molecule has 4 rings (SSSR count). The molecule has 2 aromatic heterocycles. The van der Waals surface area contributed by atoms with Crippen LogP contribution >= 0.6 is 11.8 Å². The minimum absolute atomic E-state index is 0.0210. The molecule has 27 heavy (non-hydrogen) atoms. The van der Waals surface area contributed by atoms with Crippen molar-refractivity contribution in [3.63, 3.8) is 0 Å². The van der Waals surface area contributed by atoms with E-state index in [1.807, 2.05) is 29.8 Å². The molecule has 0 saturated heterocycles. The van der Waals surface area contributed by atoms with Crippen LogP contribution in [-0.4, -0.2) is 31.4 Å². The van der Waals surface area contributed by atoms with E-state index in [-0.39, 0.29) is 11.9 Å². The molecule has 3 aromatic rings. The molecule has 0 unspecified atom stereocenters. The van der Waals surface area contributed by atoms with E-state index in [1.54, 1.807) is 12.4 Å². The highest BCUT2D eigenvalue weighted by Gasteiger charge is 2.21. The average molecular weight is 379 g/mol. The summed E-state index contributed by atoms with van der Waals surface area (Å²) in [7, 11) is 1.90. The highest BCUT2D eigenvalue weighted by Crippen LogP contribution is 2.29. The summed E-state index contributed by atoms with van der Waals surface area (Å²) in [5.41, 5.74) is 3.50. The van der Waals surface area contributed by atoms with Gasteiger partial charge in [0, 0.05) is 25.0 Å². The lowest BCUT2D eigenvalue weighted by Gasteiger charge is -2.26. The van der Waals surface area contributed by atoms with Gasteiger partial charge in [0.25, 0.3) is 0 Å². The van der Waals surface area contributed by atoms with Crippen LogP contribution in [0.3, 0.4) is 0 Å². The maximum absolute atomic E-state index is 12.5. The summed E-state index contributed by atoms with van der Waals surface area (Å²) in [5, 5.41) is 12.3. The molecular formula is C20H21N5OS. The van der Waals surface area contributed by atoms with E-state index in [1.165, 1.54) is 22.9 Å². The zero-order valence-corrected chi connectivity index (χ0v) is 15.9. The Bertz CT molecular complexity index is 941. The molecule has 6 nitrogen and oxygen atoms in total. The number of pyridine rings is 1. The SMILES string of the molecule is Cn1c(SCC(=O)N[C@@H]2CCCc3ccccc32)nnc1-c1cccnc1. The number of aryl methyl sites for hydroxylation is 1. The van der Waals surface area contributed by atoms with Gasteiger partial charge < -0.3 is 9.88 Å². The van der Waals surface area contributed by atoms with Crippen LogP contribution in [0.2, 0.25) is 0 Å². The first-order valence-corrected chi connectivity index (χ1v) is 10.0. The zero-order valence-electron chi connectivity index (χ0n) is 15.1. The predicted molar refractivity (Wildman–Crippen MR) is 105 cm³/mol. The molecule has 0 fully saturated rings. The largest absolute Gasteiger partial charge is 0.349 e. The molecule has 0 aliphatic heterocycles. The first kappa shape index (κ1) is 17.7. The quantitative estimate of drug-likeness (QED) is 0.690. The van der Waals surface area contributed by atoms with Gasteiger partial charge in [-0.1, -0.05) is 36.0 Å². The summed E-state index contributed by atoms with van der Waals surface area (Å²) in [6, 6.07) is 12.3. The number of hydrogen-bond acceptors (Lipinski definition) is 5. The molecule has 0 spiro atoms. The Hall–Kier alpha value is -2.67. The summed E-state index contributed by atoms with van der Waals surface area (Å²) in [4.78, 5) is 16.6. The van der Waals surface area contributed by atoms with Crippen molar-refractivity contribution in [2.75, 3.05) is 5.75 Å². The van der Waals surface area contributed by atoms with Gasteiger partial charge >= 0.3 is 0 Å². The number of rotatable bonds is 5. The Kier molecular flexibility index (Phi) is 5.20. The Labute approximate surface area is 162 Å². The molecule has 1 atom stereocenters. The molecule has 0 radical (unpaired) electrons. The van der Waals surface area contributed by atoms with E-state index in [0.29, 0.717) is 10.9 Å². The van der Waals surface area contributed by atoms with E-state index in [2.05, 4.69) is 38.7 Å². The van der Waals surface area contributed by atoms with Gasteiger partial charge in [-0.25, -0.2) is 0 Å². The number of aromatic nitrogens is 4. The number of nitrogens with one attached hydrogen (secondary N) is 1. The van der Waals surface area contributed by atoms with Gasteiger partial charge in [-0.3, -0.25) is 9.78 Å². The van der Waals surface area contributed by atoms with Crippen molar-refractivity contribution in [2.24, 2.45) is 7.05 Å². The number of benzene rings is 1. The fraction of sp³-hybridized carbons (Fsp3) is 0.300. The van der Waals surface area contributed by atoms with Crippen molar-refractivity contribution in [3.8, 4) is 11.4 Å². The number of carbonyl (C=O) groups excluding carboxylic acids is 1. The second-order valence-electron chi connectivity index (χ2n) is 6.61. The van der Waals surface area contributed by atoms with Gasteiger partial charge in [0.2, 0.25) is 5.91 Å². The third-order valence-electron chi connectivity index (χ3n) is 4.79. The van der Waals surface area contributed by atoms with Crippen molar-refractivity contribution < 1.29 is 4.79 Å². The van der Waals surface area contributed by atoms with Crippen LogP contribution in [0.5, 0.6) is 0 Å². The van der Waals surface area contributed by atoms with Crippen LogP contribution in [0.1, 0.15) is 30.0 Å². The monoisotopic (exact) mass is 379 g/mol. The van der Waals surface area contributed by atoms with Crippen molar-refractivity contribution in [3.05, 3.63) is 59.9 Å². The normalized spacial score (nSPS) is 16.0. The molecule has 1 aromatic carbocycles. The van der Waals surface area contributed by atoms with E-state index in [9.17, 15) is 4.79 Å². The van der Waals surface area contributed by atoms with Crippen LogP contribution in [0, 0.1) is 0 Å². The van der Waals surface area contributed by atoms with Crippen LogP contribution < -0.4 is 5.32 Å². The molecule has 2 heterocycles. The molecular weight excluding hydrogens is 358 g/mol. The van der Waals surface area contributed by atoms with Gasteiger partial charge in [0.15, 0.2) is 11.0 Å². The third-order valence-corrected chi connectivity index (χ3v) is 5.81. The van der Waals surface area contributed by atoms with Gasteiger partial charge in [-0.05, 0) is 42.5 Å². The smallest absolute Gasteiger partial charge is 0.230 e. The lowest BCUT2D eigenvalue weighted by molar-refractivity contribution is -0.119. The first-order valence-electron chi connectivity index (χ1n) is 9.02. The van der Waals surface area contributed by atoms with E-state index in [4.69, 9.17) is 0 Å². The number of thioether (sulfide) groups is 1. The summed E-state index contributed by atoms with van der Waals surface area (Å²) in [6.07, 6.45) is 6.66. The second-order valence-corrected chi connectivity index (χ2v) is 7.55. The summed E-state index contributed by atoms with van der Waals surface area (Å²) >= 11 is 1.40. The van der Waals surface area contributed by atoms with Crippen molar-refractivity contribution in [1.29, 1.82) is 0 Å². The molecule has 1 aliphatic carbocycles. The third kappa shape index (κ3) is 3.88. The van der Waals surface area contributed by atoms with Crippen LogP contribution in [0.4, 0.5) is 0 Å². The zero-order chi connectivity index (χ0) is 18.6. The molecule has 0 bridgehead atoms. The second kappa shape index (κ2) is 7.92. The number of carbonyl (C=O) groups is 1. The minimum Gasteiger partial charge on any atom is -0.349 e. The highest BCUT2D eigenvalue weighted by atomic mass is 32.2. The standard InChI is InChI=1S/C20H21N5OS/c1-25-19(15-8-5-11-21-12-15)23-24-20(25)27-13-18(26)22-17-10-4-7-14-6-2-3-9-16(14)17/h2-3,5-6,8-9,11-12,17H,4,7,10,13H2,1H3,(H,22,26)/t17-/m1/s1. The van der Waals surface area contributed by atoms with Crippen molar-refractivity contribution >= 4 is 17.7 Å². The molecule has 1 aliphatic rings. The molecule has 1 amide bonds. The maximum Gasteiger partial charge on any atom is 0.230 e. The first-order chi connectivity index (χ1) is 13.2. The fourth-order valence-electron chi connectivity index (χ4n) is 3.46. The number of amides is 1. The van der Waals surface area contributed by atoms with Crippen LogP contribution in [0.25, 0.3) is 11.4 Å². The minimum atomic E-state index is 0.0210. The molecule has 7 heteroatoms. The van der Waals surface area contributed by atoms with E-state index < -0.39 is 0 Å². The Morgan fingerprint density at radius 2 is 2.15 bits per heavy atom. The lowest BCUT2D eigenvalue weighted by Crippen LogP contribution is -2.32. The Balaban J connectivity index is 1.39. The number of nitrogens with zero attached hydrogens (tertiary/aromatic N) is 4. The Morgan fingerprint density at radius 3 is 3.00 bits per heavy atom. The summed E-state index contributed by atoms with van der Waals surface area (Å²) in [6.45, 7) is 0. The van der Waals surface area contributed by atoms with Gasteiger partial charge in [0.1, 0.15) is 0 Å². The van der Waals surface area contributed by atoms with Gasteiger partial charge in [-0.2, -0.15) is 0 Å². The summed E-state index contributed by atoms with van der Waals surface area (Å²) < 4.78 is 1.89. The van der Waals surface area contributed by atoms with E-state index >= 15 is 0 Å². The number of fused-ring (bicyclic) bond motifs is 1. The fourth-order valence-corrected chi connectivity index (χ4v) is 4.18. The molecule has 0 saturated carbocycles. The topological polar surface area (TPSA) is 72.7 Å². The number of hydrogen-bond donors (Lipinski definition) is 1. The van der Waals surface area contributed by atoms with Crippen LogP contribution in [0.15, 0.2) is 53.9 Å².